The lowest BCUT2D eigenvalue weighted by molar-refractivity contribution is -0.144. The highest BCUT2D eigenvalue weighted by atomic mass is 35.5. The fourth-order valence-corrected chi connectivity index (χ4v) is 8.13. The predicted octanol–water partition coefficient (Wildman–Crippen LogP) is 5.37. The van der Waals surface area contributed by atoms with Crippen LogP contribution in [0.25, 0.3) is 10.1 Å². The van der Waals surface area contributed by atoms with Crippen molar-refractivity contribution >= 4 is 56.5 Å². The Hall–Kier alpha value is -3.09. The molecule has 2 saturated heterocycles. The van der Waals surface area contributed by atoms with Crippen molar-refractivity contribution in [1.29, 1.82) is 0 Å². The highest BCUT2D eigenvalue weighted by molar-refractivity contribution is 7.17. The molecule has 12 heteroatoms. The summed E-state index contributed by atoms with van der Waals surface area (Å²) in [5.41, 5.74) is 0.808. The van der Waals surface area contributed by atoms with Crippen molar-refractivity contribution in [2.75, 3.05) is 51.7 Å². The molecule has 46 heavy (non-hydrogen) atoms. The molecule has 2 amide bonds. The third kappa shape index (κ3) is 7.39. The number of benzene rings is 2. The van der Waals surface area contributed by atoms with E-state index >= 15 is 4.39 Å². The topological polar surface area (TPSA) is 102 Å². The van der Waals surface area contributed by atoms with Crippen LogP contribution < -0.4 is 5.32 Å². The molecular weight excluding hydrogens is 631 g/mol. The summed E-state index contributed by atoms with van der Waals surface area (Å²) in [5.74, 6) is -2.26. The minimum absolute atomic E-state index is 0.0266. The second-order valence-corrected chi connectivity index (χ2v) is 14.1. The van der Waals surface area contributed by atoms with Gasteiger partial charge in [0.2, 0.25) is 5.91 Å². The van der Waals surface area contributed by atoms with Crippen LogP contribution in [0.2, 0.25) is 5.02 Å². The van der Waals surface area contributed by atoms with Crippen LogP contribution in [0.15, 0.2) is 41.8 Å². The summed E-state index contributed by atoms with van der Waals surface area (Å²) in [5, 5.41) is 14.8. The van der Waals surface area contributed by atoms with Crippen LogP contribution in [0.4, 0.5) is 10.1 Å². The van der Waals surface area contributed by atoms with Gasteiger partial charge in [0.15, 0.2) is 0 Å². The lowest BCUT2D eigenvalue weighted by Gasteiger charge is -2.36. The second-order valence-electron chi connectivity index (χ2n) is 12.8. The number of hydrogen-bond acceptors (Lipinski definition) is 7. The lowest BCUT2D eigenvalue weighted by atomic mass is 9.87. The lowest BCUT2D eigenvalue weighted by Crippen LogP contribution is -2.50. The van der Waals surface area contributed by atoms with Crippen molar-refractivity contribution in [2.24, 2.45) is 5.92 Å². The number of likely N-dealkylation sites (N-methyl/N-ethyl adjacent to an activating group) is 1. The number of likely N-dealkylation sites (tertiary alicyclic amines) is 1. The van der Waals surface area contributed by atoms with E-state index in [1.54, 1.807) is 5.38 Å². The molecule has 1 aromatic heterocycles. The van der Waals surface area contributed by atoms with E-state index in [2.05, 4.69) is 22.2 Å². The van der Waals surface area contributed by atoms with Gasteiger partial charge in [-0.1, -0.05) is 29.8 Å². The molecule has 2 aliphatic heterocycles. The largest absolute Gasteiger partial charge is 0.481 e. The van der Waals surface area contributed by atoms with E-state index < -0.39 is 11.8 Å². The van der Waals surface area contributed by atoms with Crippen molar-refractivity contribution in [1.82, 2.24) is 14.7 Å². The van der Waals surface area contributed by atoms with E-state index in [1.807, 2.05) is 29.2 Å². The average Bonchev–Trinajstić information content (AvgIpc) is 3.68. The Bertz CT molecular complexity index is 1590. The van der Waals surface area contributed by atoms with Gasteiger partial charge in [-0.25, -0.2) is 4.39 Å². The molecule has 0 bridgehead atoms. The van der Waals surface area contributed by atoms with Crippen molar-refractivity contribution in [3.8, 4) is 0 Å². The number of nitrogens with one attached hydrogen (secondary N) is 1. The van der Waals surface area contributed by atoms with E-state index in [-0.39, 0.29) is 58.6 Å². The maximum Gasteiger partial charge on any atom is 0.306 e. The zero-order valence-corrected chi connectivity index (χ0v) is 27.5. The van der Waals surface area contributed by atoms with Crippen molar-refractivity contribution in [3.05, 3.63) is 63.7 Å². The summed E-state index contributed by atoms with van der Waals surface area (Å²) >= 11 is 7.99. The molecule has 0 radical (unpaired) electrons. The first-order valence-corrected chi connectivity index (χ1v) is 17.2. The summed E-state index contributed by atoms with van der Waals surface area (Å²) in [7, 11) is 2.11. The van der Waals surface area contributed by atoms with Gasteiger partial charge >= 0.3 is 5.97 Å². The highest BCUT2D eigenvalue weighted by Crippen LogP contribution is 2.32. The van der Waals surface area contributed by atoms with E-state index in [0.717, 1.165) is 42.7 Å². The Morgan fingerprint density at radius 3 is 2.57 bits per heavy atom. The number of anilines is 1. The van der Waals surface area contributed by atoms with Crippen molar-refractivity contribution in [3.63, 3.8) is 0 Å². The number of piperazine rings is 1. The fraction of sp³-hybridized carbons (Fsp3) is 0.500. The number of amides is 2. The first kappa shape index (κ1) is 32.8. The minimum atomic E-state index is -0.750. The monoisotopic (exact) mass is 670 g/mol. The molecule has 246 valence electrons. The zero-order chi connectivity index (χ0) is 32.4. The number of halogens is 2. The average molecular weight is 671 g/mol. The molecule has 3 aliphatic rings. The normalized spacial score (nSPS) is 24.4. The van der Waals surface area contributed by atoms with Gasteiger partial charge in [-0.3, -0.25) is 19.3 Å². The molecule has 6 rings (SSSR count). The van der Waals surface area contributed by atoms with E-state index in [0.29, 0.717) is 44.4 Å². The van der Waals surface area contributed by atoms with Crippen LogP contribution in [0, 0.1) is 11.7 Å². The summed E-state index contributed by atoms with van der Waals surface area (Å²) < 4.78 is 22.7. The number of nitrogens with zero attached hydrogens (tertiary/aromatic N) is 3. The molecule has 0 spiro atoms. The second kappa shape index (κ2) is 14.4. The number of rotatable bonds is 9. The van der Waals surface area contributed by atoms with Gasteiger partial charge in [-0.05, 0) is 62.9 Å². The van der Waals surface area contributed by atoms with Gasteiger partial charge in [0.1, 0.15) is 5.82 Å². The molecule has 3 heterocycles. The minimum Gasteiger partial charge on any atom is -0.481 e. The SMILES string of the molecule is CN1CCN([C@H]2CC(CO[C@H]3CC[C@H](C(=O)O)CC3)N(C(=O)Cc3cc(Cl)c(NC(=O)c4csc5ccccc45)cc3F)C2)CC1. The number of carboxylic acid groups (broad SMARTS) is 1. The number of aliphatic carboxylic acids is 1. The Labute approximate surface area is 277 Å². The maximum atomic E-state index is 15.4. The van der Waals surface area contributed by atoms with Crippen LogP contribution in [-0.2, 0) is 20.7 Å². The quantitative estimate of drug-likeness (QED) is 0.316. The number of ether oxygens (including phenoxy) is 1. The molecule has 2 N–H and O–H groups in total. The molecule has 1 aliphatic carbocycles. The van der Waals surface area contributed by atoms with Gasteiger partial charge in [0, 0.05) is 54.2 Å². The van der Waals surface area contributed by atoms with Gasteiger partial charge in [0.05, 0.1) is 47.4 Å². The molecule has 9 nitrogen and oxygen atoms in total. The number of hydrogen-bond donors (Lipinski definition) is 2. The molecule has 1 unspecified atom stereocenters. The van der Waals surface area contributed by atoms with Gasteiger partial charge in [0.25, 0.3) is 5.91 Å². The maximum absolute atomic E-state index is 15.4. The van der Waals surface area contributed by atoms with Crippen molar-refractivity contribution < 1.29 is 28.6 Å². The van der Waals surface area contributed by atoms with Gasteiger partial charge in [-0.15, -0.1) is 11.3 Å². The molecular formula is C34H40ClFN4O5S. The van der Waals surface area contributed by atoms with Crippen LogP contribution in [0.1, 0.15) is 48.0 Å². The Morgan fingerprint density at radius 1 is 1.09 bits per heavy atom. The number of carbonyl (C=O) groups is 3. The third-order valence-electron chi connectivity index (χ3n) is 9.77. The van der Waals surface area contributed by atoms with Crippen LogP contribution >= 0.6 is 22.9 Å². The third-order valence-corrected chi connectivity index (χ3v) is 11.0. The smallest absolute Gasteiger partial charge is 0.306 e. The zero-order valence-electron chi connectivity index (χ0n) is 25.9. The first-order chi connectivity index (χ1) is 22.2. The Kier molecular flexibility index (Phi) is 10.2. The fourth-order valence-electron chi connectivity index (χ4n) is 6.96. The van der Waals surface area contributed by atoms with E-state index in [1.165, 1.54) is 23.5 Å². The standard InChI is InChI=1S/C34H40ClFN4O5S/c1-38-10-12-39(13-11-38)23-16-24(19-45-25-8-6-21(7-9-25)34(43)44)40(18-23)32(41)15-22-14-28(35)30(17-29(22)36)37-33(42)27-20-46-31-5-3-2-4-26(27)31/h2-5,14,17,20-21,23-25H,6-13,15-16,18-19H2,1H3,(H,37,42)(H,43,44)/t21-,23-,24?,25-/m0/s1. The molecule has 1 saturated carbocycles. The summed E-state index contributed by atoms with van der Waals surface area (Å²) in [6.45, 7) is 4.69. The first-order valence-electron chi connectivity index (χ1n) is 16.0. The van der Waals surface area contributed by atoms with Gasteiger partial charge < -0.3 is 25.0 Å². The number of carbonyl (C=O) groups excluding carboxylic acids is 2. The summed E-state index contributed by atoms with van der Waals surface area (Å²) in [4.78, 5) is 44.7. The predicted molar refractivity (Wildman–Crippen MR) is 177 cm³/mol. The van der Waals surface area contributed by atoms with Crippen molar-refractivity contribution in [2.45, 2.75) is 56.7 Å². The summed E-state index contributed by atoms with van der Waals surface area (Å²) in [6.07, 6.45) is 3.15. The molecule has 3 fully saturated rings. The van der Waals surface area contributed by atoms with Crippen LogP contribution in [-0.4, -0.2) is 102 Å². The Morgan fingerprint density at radius 2 is 1.83 bits per heavy atom. The molecule has 2 atom stereocenters. The molecule has 3 aromatic rings. The van der Waals surface area contributed by atoms with Gasteiger partial charge in [-0.2, -0.15) is 0 Å². The number of carboxylic acids is 1. The highest BCUT2D eigenvalue weighted by Gasteiger charge is 2.39. The number of fused-ring (bicyclic) bond motifs is 1. The molecule has 2 aromatic carbocycles. The Balaban J connectivity index is 1.12. The van der Waals surface area contributed by atoms with Crippen LogP contribution in [0.3, 0.4) is 0 Å². The van der Waals surface area contributed by atoms with E-state index in [4.69, 9.17) is 16.3 Å². The summed E-state index contributed by atoms with van der Waals surface area (Å²) in [6, 6.07) is 10.2. The van der Waals surface area contributed by atoms with Crippen LogP contribution in [0.5, 0.6) is 0 Å². The number of thiophene rings is 1. The van der Waals surface area contributed by atoms with E-state index in [9.17, 15) is 19.5 Å².